The molecule has 1 aromatic heterocycles. The summed E-state index contributed by atoms with van der Waals surface area (Å²) < 4.78 is 2.27. The molecule has 3 aromatic rings. The van der Waals surface area contributed by atoms with Gasteiger partial charge in [0.25, 0.3) is 0 Å². The number of rotatable bonds is 4. The van der Waals surface area contributed by atoms with Crippen LogP contribution in [0, 0.1) is 0 Å². The van der Waals surface area contributed by atoms with Crippen molar-refractivity contribution in [1.82, 2.24) is 4.57 Å². The molecule has 1 aliphatic rings. The molecule has 0 saturated heterocycles. The van der Waals surface area contributed by atoms with E-state index in [-0.39, 0.29) is 0 Å². The van der Waals surface area contributed by atoms with Gasteiger partial charge < -0.3 is 9.40 Å². The first kappa shape index (κ1) is 14.7. The number of carbonyl (C=O) groups is 1. The van der Waals surface area contributed by atoms with Gasteiger partial charge in [0.1, 0.15) is 0 Å². The van der Waals surface area contributed by atoms with Crippen molar-refractivity contribution < 1.29 is 9.63 Å². The molecule has 24 heavy (non-hydrogen) atoms. The molecule has 4 rings (SSSR count). The predicted molar refractivity (Wildman–Crippen MR) is 94.1 cm³/mol. The standard InChI is InChI=1S/C20H18N2O2/c1-14(23)24-21-19(12-15-6-3-2-4-7-15)18-13-22-11-10-16-8-5-9-17(18)20(16)22/h2-9,13H,10-12H2,1H3/b21-19+. The Morgan fingerprint density at radius 1 is 1.17 bits per heavy atom. The van der Waals surface area contributed by atoms with Crippen molar-refractivity contribution in [2.45, 2.75) is 26.3 Å². The Labute approximate surface area is 140 Å². The van der Waals surface area contributed by atoms with Crippen LogP contribution in [0.1, 0.15) is 23.6 Å². The van der Waals surface area contributed by atoms with Crippen LogP contribution in [0.4, 0.5) is 0 Å². The molecular weight excluding hydrogens is 300 g/mol. The van der Waals surface area contributed by atoms with E-state index >= 15 is 0 Å². The van der Waals surface area contributed by atoms with E-state index in [1.54, 1.807) is 0 Å². The number of aromatic nitrogens is 1. The van der Waals surface area contributed by atoms with Gasteiger partial charge in [0.2, 0.25) is 0 Å². The van der Waals surface area contributed by atoms with E-state index in [2.05, 4.69) is 46.3 Å². The molecule has 0 aliphatic carbocycles. The normalized spacial score (nSPS) is 13.5. The zero-order chi connectivity index (χ0) is 16.5. The third-order valence-corrected chi connectivity index (χ3v) is 4.41. The number of para-hydroxylation sites is 1. The van der Waals surface area contributed by atoms with Crippen LogP contribution in [0.15, 0.2) is 59.9 Å². The first-order valence-electron chi connectivity index (χ1n) is 8.12. The second kappa shape index (κ2) is 5.96. The Bertz CT molecular complexity index is 939. The van der Waals surface area contributed by atoms with Crippen LogP contribution in [-0.4, -0.2) is 16.2 Å². The molecule has 0 unspecified atom stereocenters. The lowest BCUT2D eigenvalue weighted by molar-refractivity contribution is -0.140. The zero-order valence-corrected chi connectivity index (χ0v) is 13.5. The first-order chi connectivity index (χ1) is 11.7. The van der Waals surface area contributed by atoms with Crippen molar-refractivity contribution >= 4 is 22.6 Å². The van der Waals surface area contributed by atoms with Crippen molar-refractivity contribution in [2.75, 3.05) is 0 Å². The third-order valence-electron chi connectivity index (χ3n) is 4.41. The zero-order valence-electron chi connectivity index (χ0n) is 13.5. The van der Waals surface area contributed by atoms with Gasteiger partial charge in [-0.1, -0.05) is 53.7 Å². The van der Waals surface area contributed by atoms with E-state index in [4.69, 9.17) is 4.84 Å². The number of benzene rings is 2. The largest absolute Gasteiger partial charge is 0.346 e. The molecule has 0 saturated carbocycles. The second-order valence-corrected chi connectivity index (χ2v) is 6.08. The second-order valence-electron chi connectivity index (χ2n) is 6.08. The van der Waals surface area contributed by atoms with Crippen LogP contribution in [0.2, 0.25) is 0 Å². The van der Waals surface area contributed by atoms with Gasteiger partial charge in [-0.15, -0.1) is 0 Å². The lowest BCUT2D eigenvalue weighted by Gasteiger charge is -2.06. The van der Waals surface area contributed by atoms with Gasteiger partial charge in [-0.05, 0) is 17.5 Å². The SMILES string of the molecule is CC(=O)O/N=C(\Cc1ccccc1)c1cn2c3c(cccc13)CC2. The van der Waals surface area contributed by atoms with Crippen LogP contribution in [-0.2, 0) is 29.0 Å². The summed E-state index contributed by atoms with van der Waals surface area (Å²) in [5, 5.41) is 5.33. The van der Waals surface area contributed by atoms with Gasteiger partial charge in [0.05, 0.1) is 11.2 Å². The van der Waals surface area contributed by atoms with Gasteiger partial charge >= 0.3 is 5.97 Å². The fourth-order valence-electron chi connectivity index (χ4n) is 3.37. The van der Waals surface area contributed by atoms with Crippen molar-refractivity contribution in [3.63, 3.8) is 0 Å². The van der Waals surface area contributed by atoms with E-state index in [1.165, 1.54) is 23.4 Å². The number of oxime groups is 1. The Kier molecular flexibility index (Phi) is 3.65. The summed E-state index contributed by atoms with van der Waals surface area (Å²) in [6, 6.07) is 16.5. The fraction of sp³-hybridized carbons (Fsp3) is 0.200. The smallest absolute Gasteiger partial charge is 0.331 e. The van der Waals surface area contributed by atoms with Gasteiger partial charge in [0.15, 0.2) is 0 Å². The molecule has 0 radical (unpaired) electrons. The molecule has 120 valence electrons. The van der Waals surface area contributed by atoms with Crippen LogP contribution in [0.5, 0.6) is 0 Å². The first-order valence-corrected chi connectivity index (χ1v) is 8.12. The lowest BCUT2D eigenvalue weighted by Crippen LogP contribution is -2.08. The lowest BCUT2D eigenvalue weighted by atomic mass is 10.0. The van der Waals surface area contributed by atoms with Gasteiger partial charge in [-0.2, -0.15) is 0 Å². The summed E-state index contributed by atoms with van der Waals surface area (Å²) in [7, 11) is 0. The van der Waals surface area contributed by atoms with E-state index in [1.807, 2.05) is 18.2 Å². The van der Waals surface area contributed by atoms with E-state index in [0.717, 1.165) is 29.8 Å². The third kappa shape index (κ3) is 2.60. The molecule has 2 heterocycles. The number of hydrogen-bond acceptors (Lipinski definition) is 3. The molecule has 0 atom stereocenters. The summed E-state index contributed by atoms with van der Waals surface area (Å²) in [5.74, 6) is -0.405. The van der Waals surface area contributed by atoms with E-state index < -0.39 is 5.97 Å². The fourth-order valence-corrected chi connectivity index (χ4v) is 3.37. The van der Waals surface area contributed by atoms with Gasteiger partial charge in [-0.3, -0.25) is 0 Å². The molecular formula is C20H18N2O2. The summed E-state index contributed by atoms with van der Waals surface area (Å²) in [6.45, 7) is 2.36. The minimum atomic E-state index is -0.405. The van der Waals surface area contributed by atoms with Gasteiger partial charge in [-0.25, -0.2) is 4.79 Å². The highest BCUT2D eigenvalue weighted by molar-refractivity contribution is 6.12. The molecule has 2 aromatic carbocycles. The summed E-state index contributed by atoms with van der Waals surface area (Å²) in [4.78, 5) is 16.2. The predicted octanol–water partition coefficient (Wildman–Crippen LogP) is 3.71. The minimum absolute atomic E-state index is 0.405. The Hall–Kier alpha value is -2.88. The van der Waals surface area contributed by atoms with E-state index in [9.17, 15) is 4.79 Å². The van der Waals surface area contributed by atoms with Crippen LogP contribution >= 0.6 is 0 Å². The van der Waals surface area contributed by atoms with Crippen molar-refractivity contribution in [3.05, 3.63) is 71.4 Å². The van der Waals surface area contributed by atoms with Crippen molar-refractivity contribution in [3.8, 4) is 0 Å². The number of nitrogens with zero attached hydrogens (tertiary/aromatic N) is 2. The number of hydrogen-bond donors (Lipinski definition) is 0. The Balaban J connectivity index is 1.81. The highest BCUT2D eigenvalue weighted by Gasteiger charge is 2.20. The Morgan fingerprint density at radius 2 is 2.00 bits per heavy atom. The van der Waals surface area contributed by atoms with Crippen molar-refractivity contribution in [2.24, 2.45) is 5.16 Å². The molecule has 4 heteroatoms. The topological polar surface area (TPSA) is 43.6 Å². The quantitative estimate of drug-likeness (QED) is 0.418. The van der Waals surface area contributed by atoms with Crippen molar-refractivity contribution in [1.29, 1.82) is 0 Å². The average molecular weight is 318 g/mol. The van der Waals surface area contributed by atoms with Crippen LogP contribution < -0.4 is 0 Å². The maximum atomic E-state index is 11.2. The molecule has 0 amide bonds. The molecule has 0 N–H and O–H groups in total. The number of aryl methyl sites for hydroxylation is 2. The molecule has 4 nitrogen and oxygen atoms in total. The maximum absolute atomic E-state index is 11.2. The highest BCUT2D eigenvalue weighted by Crippen LogP contribution is 2.31. The number of carbonyl (C=O) groups excluding carboxylic acids is 1. The minimum Gasteiger partial charge on any atom is -0.346 e. The molecule has 1 aliphatic heterocycles. The molecule has 0 spiro atoms. The van der Waals surface area contributed by atoms with Crippen LogP contribution in [0.25, 0.3) is 10.9 Å². The molecule has 0 bridgehead atoms. The van der Waals surface area contributed by atoms with Gasteiger partial charge in [0, 0.05) is 37.0 Å². The maximum Gasteiger partial charge on any atom is 0.331 e. The summed E-state index contributed by atoms with van der Waals surface area (Å²) in [5.41, 5.74) is 5.59. The average Bonchev–Trinajstić information content (AvgIpc) is 3.17. The Morgan fingerprint density at radius 3 is 2.79 bits per heavy atom. The highest BCUT2D eigenvalue weighted by atomic mass is 16.7. The monoisotopic (exact) mass is 318 g/mol. The molecule has 0 fully saturated rings. The van der Waals surface area contributed by atoms with E-state index in [0.29, 0.717) is 6.42 Å². The summed E-state index contributed by atoms with van der Waals surface area (Å²) in [6.07, 6.45) is 3.83. The van der Waals surface area contributed by atoms with Crippen LogP contribution in [0.3, 0.4) is 0 Å². The summed E-state index contributed by atoms with van der Waals surface area (Å²) >= 11 is 0.